The molecule has 0 fully saturated rings. The van der Waals surface area contributed by atoms with Gasteiger partial charge >= 0.3 is 6.18 Å². The number of aryl methyl sites for hydroxylation is 1. The number of alkyl halides is 3. The fourth-order valence-electron chi connectivity index (χ4n) is 1.43. The molecule has 0 spiro atoms. The van der Waals surface area contributed by atoms with Gasteiger partial charge in [-0.15, -0.1) is 0 Å². The third-order valence-corrected chi connectivity index (χ3v) is 2.47. The molecule has 94 valence electrons. The predicted molar refractivity (Wildman–Crippen MR) is 60.0 cm³/mol. The summed E-state index contributed by atoms with van der Waals surface area (Å²) in [6.07, 6.45) is -1.57. The van der Waals surface area contributed by atoms with Gasteiger partial charge in [0.05, 0.1) is 5.69 Å². The maximum Gasteiger partial charge on any atom is 0.433 e. The van der Waals surface area contributed by atoms with Crippen LogP contribution in [-0.2, 0) is 6.18 Å². The summed E-state index contributed by atoms with van der Waals surface area (Å²) in [6, 6.07) is 2.54. The van der Waals surface area contributed by atoms with E-state index >= 15 is 0 Å². The van der Waals surface area contributed by atoms with Crippen molar-refractivity contribution in [3.05, 3.63) is 41.1 Å². The first kappa shape index (κ1) is 12.8. The molecule has 2 aromatic rings. The van der Waals surface area contributed by atoms with Gasteiger partial charge in [0.1, 0.15) is 5.69 Å². The first-order valence-corrected chi connectivity index (χ1v) is 5.28. The number of pyridine rings is 1. The third-order valence-electron chi connectivity index (χ3n) is 2.30. The standard InChI is InChI=1S/C11H7ClF3N3/c1-6-2-3-16-5-7(6)8-4-9(11(13,14)15)18-10(12)17-8/h2-5H,1H3. The van der Waals surface area contributed by atoms with Crippen LogP contribution < -0.4 is 0 Å². The average molecular weight is 274 g/mol. The minimum atomic E-state index is -4.56. The first-order chi connectivity index (χ1) is 8.38. The highest BCUT2D eigenvalue weighted by Crippen LogP contribution is 2.31. The molecule has 3 nitrogen and oxygen atoms in total. The molecule has 18 heavy (non-hydrogen) atoms. The molecule has 0 N–H and O–H groups in total. The van der Waals surface area contributed by atoms with Crippen LogP contribution in [-0.4, -0.2) is 15.0 Å². The van der Waals surface area contributed by atoms with Crippen molar-refractivity contribution in [3.63, 3.8) is 0 Å². The summed E-state index contributed by atoms with van der Waals surface area (Å²) in [7, 11) is 0. The molecule has 0 aliphatic carbocycles. The van der Waals surface area contributed by atoms with Gasteiger partial charge in [0.2, 0.25) is 5.28 Å². The Morgan fingerprint density at radius 2 is 1.94 bits per heavy atom. The highest BCUT2D eigenvalue weighted by Gasteiger charge is 2.33. The lowest BCUT2D eigenvalue weighted by Crippen LogP contribution is -2.09. The lowest BCUT2D eigenvalue weighted by atomic mass is 10.1. The van der Waals surface area contributed by atoms with E-state index in [0.717, 1.165) is 11.6 Å². The van der Waals surface area contributed by atoms with Crippen LogP contribution in [0.5, 0.6) is 0 Å². The van der Waals surface area contributed by atoms with Crippen LogP contribution >= 0.6 is 11.6 Å². The predicted octanol–water partition coefficient (Wildman–Crippen LogP) is 3.52. The molecule has 0 amide bonds. The minimum absolute atomic E-state index is 0.105. The summed E-state index contributed by atoms with van der Waals surface area (Å²) in [5.41, 5.74) is 0.286. The molecule has 0 radical (unpaired) electrons. The monoisotopic (exact) mass is 273 g/mol. The second kappa shape index (κ2) is 4.53. The molecular formula is C11H7ClF3N3. The van der Waals surface area contributed by atoms with Crippen molar-refractivity contribution in [3.8, 4) is 11.3 Å². The van der Waals surface area contributed by atoms with Crippen molar-refractivity contribution in [1.82, 2.24) is 15.0 Å². The number of nitrogens with zero attached hydrogens (tertiary/aromatic N) is 3. The fraction of sp³-hybridized carbons (Fsp3) is 0.182. The maximum absolute atomic E-state index is 12.6. The summed E-state index contributed by atoms with van der Waals surface area (Å²) in [6.45, 7) is 1.75. The first-order valence-electron chi connectivity index (χ1n) is 4.90. The molecule has 0 unspecified atom stereocenters. The Hall–Kier alpha value is -1.69. The smallest absolute Gasteiger partial charge is 0.264 e. The van der Waals surface area contributed by atoms with E-state index < -0.39 is 17.2 Å². The van der Waals surface area contributed by atoms with Crippen molar-refractivity contribution in [2.75, 3.05) is 0 Å². The Bertz CT molecular complexity index is 584. The summed E-state index contributed by atoms with van der Waals surface area (Å²) in [5, 5.41) is -0.442. The second-order valence-corrected chi connectivity index (χ2v) is 3.93. The van der Waals surface area contributed by atoms with Gasteiger partial charge in [-0.1, -0.05) is 0 Å². The fourth-order valence-corrected chi connectivity index (χ4v) is 1.62. The van der Waals surface area contributed by atoms with E-state index in [9.17, 15) is 13.2 Å². The second-order valence-electron chi connectivity index (χ2n) is 3.60. The third kappa shape index (κ3) is 2.59. The molecule has 0 atom stereocenters. The Morgan fingerprint density at radius 1 is 1.22 bits per heavy atom. The van der Waals surface area contributed by atoms with Crippen molar-refractivity contribution < 1.29 is 13.2 Å². The Balaban J connectivity index is 2.60. The molecule has 0 aliphatic heterocycles. The van der Waals surface area contributed by atoms with Crippen LogP contribution in [0.2, 0.25) is 5.28 Å². The number of hydrogen-bond donors (Lipinski definition) is 0. The molecule has 0 aliphatic rings. The zero-order valence-electron chi connectivity index (χ0n) is 9.16. The summed E-state index contributed by atoms with van der Waals surface area (Å²) in [5.74, 6) is 0. The van der Waals surface area contributed by atoms with E-state index in [1.807, 2.05) is 0 Å². The van der Waals surface area contributed by atoms with Crippen molar-refractivity contribution in [1.29, 1.82) is 0 Å². The molecule has 0 bridgehead atoms. The topological polar surface area (TPSA) is 38.7 Å². The largest absolute Gasteiger partial charge is 0.433 e. The van der Waals surface area contributed by atoms with Crippen molar-refractivity contribution >= 4 is 11.6 Å². The highest BCUT2D eigenvalue weighted by atomic mass is 35.5. The Morgan fingerprint density at radius 3 is 2.56 bits per heavy atom. The summed E-state index contributed by atoms with van der Waals surface area (Å²) >= 11 is 5.52. The van der Waals surface area contributed by atoms with Gasteiger partial charge in [-0.25, -0.2) is 9.97 Å². The van der Waals surface area contributed by atoms with Crippen LogP contribution in [0.15, 0.2) is 24.5 Å². The number of halogens is 4. The quantitative estimate of drug-likeness (QED) is 0.746. The minimum Gasteiger partial charge on any atom is -0.264 e. The lowest BCUT2D eigenvalue weighted by Gasteiger charge is -2.09. The van der Waals surface area contributed by atoms with Gasteiger partial charge < -0.3 is 0 Å². The van der Waals surface area contributed by atoms with Gasteiger partial charge in [0, 0.05) is 18.0 Å². The Kier molecular flexibility index (Phi) is 3.21. The van der Waals surface area contributed by atoms with Crippen LogP contribution in [0.4, 0.5) is 13.2 Å². The zero-order chi connectivity index (χ0) is 13.3. The number of rotatable bonds is 1. The Labute approximate surface area is 106 Å². The van der Waals surface area contributed by atoms with E-state index in [1.165, 1.54) is 6.20 Å². The number of aromatic nitrogens is 3. The van der Waals surface area contributed by atoms with Gasteiger partial charge in [0.15, 0.2) is 0 Å². The maximum atomic E-state index is 12.6. The SMILES string of the molecule is Cc1ccncc1-c1cc(C(F)(F)F)nc(Cl)n1. The van der Waals surface area contributed by atoms with Crippen molar-refractivity contribution in [2.45, 2.75) is 13.1 Å². The van der Waals surface area contributed by atoms with Gasteiger partial charge in [-0.2, -0.15) is 13.2 Å². The molecule has 0 saturated carbocycles. The lowest BCUT2D eigenvalue weighted by molar-refractivity contribution is -0.141. The average Bonchev–Trinajstić information content (AvgIpc) is 2.27. The number of hydrogen-bond acceptors (Lipinski definition) is 3. The van der Waals surface area contributed by atoms with Gasteiger partial charge in [-0.3, -0.25) is 4.98 Å². The van der Waals surface area contributed by atoms with E-state index in [4.69, 9.17) is 11.6 Å². The highest BCUT2D eigenvalue weighted by molar-refractivity contribution is 6.28. The normalized spacial score (nSPS) is 11.6. The van der Waals surface area contributed by atoms with Gasteiger partial charge in [-0.05, 0) is 36.2 Å². The molecule has 0 saturated heterocycles. The van der Waals surface area contributed by atoms with E-state index in [0.29, 0.717) is 5.56 Å². The van der Waals surface area contributed by atoms with E-state index in [2.05, 4.69) is 15.0 Å². The van der Waals surface area contributed by atoms with Gasteiger partial charge in [0.25, 0.3) is 0 Å². The van der Waals surface area contributed by atoms with E-state index in [-0.39, 0.29) is 5.69 Å². The molecule has 7 heteroatoms. The molecule has 0 aromatic carbocycles. The van der Waals surface area contributed by atoms with Crippen LogP contribution in [0.3, 0.4) is 0 Å². The molecule has 2 rings (SSSR count). The van der Waals surface area contributed by atoms with Crippen LogP contribution in [0.25, 0.3) is 11.3 Å². The summed E-state index contributed by atoms with van der Waals surface area (Å²) in [4.78, 5) is 10.8. The molecule has 2 aromatic heterocycles. The molecule has 2 heterocycles. The van der Waals surface area contributed by atoms with Crippen molar-refractivity contribution in [2.24, 2.45) is 0 Å². The van der Waals surface area contributed by atoms with Crippen LogP contribution in [0, 0.1) is 6.92 Å². The molecular weight excluding hydrogens is 267 g/mol. The zero-order valence-corrected chi connectivity index (χ0v) is 9.92. The van der Waals surface area contributed by atoms with Crippen LogP contribution in [0.1, 0.15) is 11.3 Å². The van der Waals surface area contributed by atoms with E-state index in [1.54, 1.807) is 19.2 Å². The summed E-state index contributed by atoms with van der Waals surface area (Å²) < 4.78 is 37.8.